The van der Waals surface area contributed by atoms with E-state index in [-0.39, 0.29) is 40.3 Å². The molecule has 7 heteroatoms. The van der Waals surface area contributed by atoms with Gasteiger partial charge in [0, 0.05) is 33.9 Å². The van der Waals surface area contributed by atoms with E-state index in [2.05, 4.69) is 0 Å². The first-order valence-corrected chi connectivity index (χ1v) is 7.93. The Morgan fingerprint density at radius 1 is 0.867 bits per heavy atom. The van der Waals surface area contributed by atoms with E-state index < -0.39 is 23.8 Å². The zero-order valence-corrected chi connectivity index (χ0v) is 14.4. The van der Waals surface area contributed by atoms with Gasteiger partial charge >= 0.3 is 0 Å². The van der Waals surface area contributed by atoms with Gasteiger partial charge in [0.1, 0.15) is 0 Å². The van der Waals surface area contributed by atoms with E-state index in [4.69, 9.17) is 0 Å². The number of sulfone groups is 2. The minimum atomic E-state index is -3.57. The Labute approximate surface area is 108 Å². The summed E-state index contributed by atoms with van der Waals surface area (Å²) in [6.45, 7) is 5.81. The molecular weight excluding hydrogens is 405 g/mol. The molecule has 0 aromatic rings. The van der Waals surface area contributed by atoms with Crippen LogP contribution in [0.3, 0.4) is 0 Å². The van der Waals surface area contributed by atoms with Crippen molar-refractivity contribution in [1.82, 2.24) is 0 Å². The van der Waals surface area contributed by atoms with E-state index in [1.165, 1.54) is 20.8 Å². The maximum atomic E-state index is 11.7. The van der Waals surface area contributed by atoms with Crippen LogP contribution in [0.5, 0.6) is 0 Å². The van der Waals surface area contributed by atoms with Crippen molar-refractivity contribution in [3.63, 3.8) is 0 Å². The molecule has 1 radical (unpaired) electrons. The Morgan fingerprint density at radius 3 is 1.27 bits per heavy atom. The van der Waals surface area contributed by atoms with Gasteiger partial charge < -0.3 is 0 Å². The van der Waals surface area contributed by atoms with Crippen LogP contribution in [-0.2, 0) is 42.1 Å². The van der Waals surface area contributed by atoms with E-state index >= 15 is 0 Å². The second-order valence-electron chi connectivity index (χ2n) is 3.29. The standard InChI is InChI=1S/C8H18O4S2.Ta/c1-5-8(4,13(9,10)6-2)14(11,12)7-3;/h5-7H2,1-4H3;. The summed E-state index contributed by atoms with van der Waals surface area (Å²) in [7, 11) is -7.14. The topological polar surface area (TPSA) is 68.3 Å². The van der Waals surface area contributed by atoms with Crippen LogP contribution in [0.4, 0.5) is 0 Å². The molecule has 0 atom stereocenters. The molecular formula is C8H18O4S2Ta. The number of hydrogen-bond acceptors (Lipinski definition) is 4. The van der Waals surface area contributed by atoms with Gasteiger partial charge in [-0.05, 0) is 13.3 Å². The third-order valence-corrected chi connectivity index (χ3v) is 8.97. The van der Waals surface area contributed by atoms with Crippen LogP contribution in [0.1, 0.15) is 34.1 Å². The molecule has 0 bridgehead atoms. The van der Waals surface area contributed by atoms with Crippen molar-refractivity contribution in [3.05, 3.63) is 0 Å². The minimum Gasteiger partial charge on any atom is -0.227 e. The maximum absolute atomic E-state index is 11.7. The SMILES string of the molecule is CCC(C)(S(=O)(=O)CC)S(=O)(=O)CC.[Ta]. The molecule has 0 saturated heterocycles. The molecule has 0 aliphatic rings. The van der Waals surface area contributed by atoms with Gasteiger partial charge in [-0.15, -0.1) is 0 Å². The van der Waals surface area contributed by atoms with Crippen molar-refractivity contribution in [1.29, 1.82) is 0 Å². The summed E-state index contributed by atoms with van der Waals surface area (Å²) in [4.78, 5) is 0. The average molecular weight is 423 g/mol. The largest absolute Gasteiger partial charge is 0.227 e. The van der Waals surface area contributed by atoms with E-state index in [0.29, 0.717) is 0 Å². The third-order valence-electron chi connectivity index (χ3n) is 2.72. The van der Waals surface area contributed by atoms with Gasteiger partial charge in [0.2, 0.25) is 0 Å². The zero-order valence-electron chi connectivity index (χ0n) is 9.52. The van der Waals surface area contributed by atoms with Crippen LogP contribution < -0.4 is 0 Å². The Kier molecular flexibility index (Phi) is 6.99. The summed E-state index contributed by atoms with van der Waals surface area (Å²) in [5.74, 6) is -0.285. The molecule has 91 valence electrons. The molecule has 0 N–H and O–H groups in total. The second-order valence-corrected chi connectivity index (χ2v) is 8.97. The summed E-state index contributed by atoms with van der Waals surface area (Å²) in [5.41, 5.74) is 0. The normalized spacial score (nSPS) is 13.3. The summed E-state index contributed by atoms with van der Waals surface area (Å²) in [6.07, 6.45) is 0.0966. The third kappa shape index (κ3) is 3.06. The number of rotatable bonds is 5. The maximum Gasteiger partial charge on any atom is 0.170 e. The van der Waals surface area contributed by atoms with E-state index in [0.717, 1.165) is 0 Å². The molecule has 0 fully saturated rings. The smallest absolute Gasteiger partial charge is 0.170 e. The molecule has 0 unspecified atom stereocenters. The van der Waals surface area contributed by atoms with E-state index in [9.17, 15) is 16.8 Å². The first-order valence-electron chi connectivity index (χ1n) is 4.63. The van der Waals surface area contributed by atoms with Crippen LogP contribution in [0.25, 0.3) is 0 Å². The number of hydrogen-bond donors (Lipinski definition) is 0. The molecule has 0 rings (SSSR count). The van der Waals surface area contributed by atoms with E-state index in [1.54, 1.807) is 6.92 Å². The van der Waals surface area contributed by atoms with Crippen LogP contribution in [-0.4, -0.2) is 32.4 Å². The Morgan fingerprint density at radius 2 is 1.13 bits per heavy atom. The molecule has 0 aliphatic heterocycles. The van der Waals surface area contributed by atoms with Crippen LogP contribution in [0.2, 0.25) is 0 Å². The van der Waals surface area contributed by atoms with Gasteiger partial charge in [-0.25, -0.2) is 16.8 Å². The fourth-order valence-electron chi connectivity index (χ4n) is 1.24. The molecule has 0 aromatic heterocycles. The summed E-state index contributed by atoms with van der Waals surface area (Å²) in [5, 5.41) is 0. The van der Waals surface area contributed by atoms with Crippen molar-refractivity contribution in [3.8, 4) is 0 Å². The average Bonchev–Trinajstić information content (AvgIpc) is 2.15. The first-order chi connectivity index (χ1) is 6.18. The van der Waals surface area contributed by atoms with Crippen molar-refractivity contribution in [2.45, 2.75) is 38.2 Å². The predicted molar refractivity (Wildman–Crippen MR) is 57.6 cm³/mol. The fourth-order valence-corrected chi connectivity index (χ4v) is 5.60. The van der Waals surface area contributed by atoms with E-state index in [1.807, 2.05) is 0 Å². The molecule has 0 aromatic carbocycles. The summed E-state index contributed by atoms with van der Waals surface area (Å²) in [6, 6.07) is 0. The molecule has 0 amide bonds. The van der Waals surface area contributed by atoms with Gasteiger partial charge in [0.25, 0.3) is 0 Å². The van der Waals surface area contributed by atoms with Crippen molar-refractivity contribution >= 4 is 19.7 Å². The summed E-state index contributed by atoms with van der Waals surface area (Å²) >= 11 is 0. The Balaban J connectivity index is 0. The summed E-state index contributed by atoms with van der Waals surface area (Å²) < 4.78 is 45.1. The van der Waals surface area contributed by atoms with Gasteiger partial charge in [-0.2, -0.15) is 0 Å². The van der Waals surface area contributed by atoms with Gasteiger partial charge in [-0.3, -0.25) is 0 Å². The molecule has 4 nitrogen and oxygen atoms in total. The molecule has 0 heterocycles. The molecule has 0 saturated carbocycles. The first kappa shape index (κ1) is 18.0. The van der Waals surface area contributed by atoms with Crippen LogP contribution in [0.15, 0.2) is 0 Å². The quantitative estimate of drug-likeness (QED) is 0.662. The van der Waals surface area contributed by atoms with Crippen LogP contribution in [0, 0.1) is 0 Å². The zero-order chi connectivity index (χ0) is 11.6. The van der Waals surface area contributed by atoms with Gasteiger partial charge in [0.05, 0.1) is 0 Å². The Bertz CT molecular complexity index is 349. The minimum absolute atomic E-state index is 0. The van der Waals surface area contributed by atoms with Crippen molar-refractivity contribution in [2.75, 3.05) is 11.5 Å². The molecule has 15 heavy (non-hydrogen) atoms. The second kappa shape index (κ2) is 5.82. The van der Waals surface area contributed by atoms with Crippen LogP contribution >= 0.6 is 0 Å². The molecule has 0 aliphatic carbocycles. The van der Waals surface area contributed by atoms with Gasteiger partial charge in [0.15, 0.2) is 23.8 Å². The van der Waals surface area contributed by atoms with Gasteiger partial charge in [-0.1, -0.05) is 20.8 Å². The van der Waals surface area contributed by atoms with Crippen molar-refractivity contribution < 1.29 is 39.2 Å². The predicted octanol–water partition coefficient (Wildman–Crippen LogP) is 0.980. The molecule has 0 spiro atoms. The Hall–Kier alpha value is 0.640. The van der Waals surface area contributed by atoms with Crippen molar-refractivity contribution in [2.24, 2.45) is 0 Å². The fraction of sp³-hybridized carbons (Fsp3) is 1.00. The monoisotopic (exact) mass is 423 g/mol.